The van der Waals surface area contributed by atoms with Crippen molar-refractivity contribution in [2.24, 2.45) is 5.92 Å². The molecular formula is C9H14F3NO. The fourth-order valence-corrected chi connectivity index (χ4v) is 1.24. The molecule has 1 heterocycles. The molecule has 0 radical (unpaired) electrons. The van der Waals surface area contributed by atoms with Crippen LogP contribution in [0.3, 0.4) is 0 Å². The van der Waals surface area contributed by atoms with E-state index in [1.807, 2.05) is 13.8 Å². The fourth-order valence-electron chi connectivity index (χ4n) is 1.24. The molecular weight excluding hydrogens is 195 g/mol. The van der Waals surface area contributed by atoms with Crippen molar-refractivity contribution in [3.8, 4) is 0 Å². The molecule has 0 atom stereocenters. The van der Waals surface area contributed by atoms with Gasteiger partial charge in [-0.1, -0.05) is 0 Å². The molecule has 0 saturated carbocycles. The summed E-state index contributed by atoms with van der Waals surface area (Å²) in [5.41, 5.74) is 0. The average molecular weight is 209 g/mol. The first-order chi connectivity index (χ1) is 6.30. The van der Waals surface area contributed by atoms with Gasteiger partial charge in [-0.3, -0.25) is 0 Å². The predicted octanol–water partition coefficient (Wildman–Crippen LogP) is 2.38. The molecule has 0 spiro atoms. The lowest BCUT2D eigenvalue weighted by atomic mass is 10.0. The van der Waals surface area contributed by atoms with Crippen LogP contribution in [0.15, 0.2) is 12.5 Å². The summed E-state index contributed by atoms with van der Waals surface area (Å²) < 4.78 is 41.5. The van der Waals surface area contributed by atoms with Gasteiger partial charge in [-0.2, -0.15) is 13.2 Å². The molecule has 0 aromatic carbocycles. The number of likely N-dealkylation sites (tertiary alicyclic amines) is 1. The molecule has 1 aliphatic rings. The van der Waals surface area contributed by atoms with Gasteiger partial charge in [0.1, 0.15) is 0 Å². The van der Waals surface area contributed by atoms with E-state index in [-0.39, 0.29) is 19.2 Å². The van der Waals surface area contributed by atoms with Crippen molar-refractivity contribution in [2.45, 2.75) is 26.1 Å². The van der Waals surface area contributed by atoms with Gasteiger partial charge in [0, 0.05) is 13.1 Å². The van der Waals surface area contributed by atoms with Gasteiger partial charge in [-0.05, 0) is 20.4 Å². The largest absolute Gasteiger partial charge is 0.477 e. The van der Waals surface area contributed by atoms with Gasteiger partial charge in [0.05, 0.1) is 12.0 Å². The molecule has 0 aromatic rings. The summed E-state index contributed by atoms with van der Waals surface area (Å²) >= 11 is 0. The lowest BCUT2D eigenvalue weighted by molar-refractivity contribution is -0.210. The zero-order valence-corrected chi connectivity index (χ0v) is 8.27. The van der Waals surface area contributed by atoms with E-state index in [4.69, 9.17) is 4.74 Å². The van der Waals surface area contributed by atoms with E-state index < -0.39 is 12.1 Å². The van der Waals surface area contributed by atoms with Crippen LogP contribution in [0.4, 0.5) is 13.2 Å². The van der Waals surface area contributed by atoms with Crippen LogP contribution in [-0.2, 0) is 4.74 Å². The molecule has 0 amide bonds. The highest BCUT2D eigenvalue weighted by molar-refractivity contribution is 4.96. The summed E-state index contributed by atoms with van der Waals surface area (Å²) in [7, 11) is 0. The van der Waals surface area contributed by atoms with E-state index >= 15 is 0 Å². The van der Waals surface area contributed by atoms with Crippen molar-refractivity contribution in [3.63, 3.8) is 0 Å². The van der Waals surface area contributed by atoms with Crippen LogP contribution in [0, 0.1) is 5.92 Å². The monoisotopic (exact) mass is 209 g/mol. The maximum atomic E-state index is 12.1. The summed E-state index contributed by atoms with van der Waals surface area (Å²) in [5.74, 6) is -0.893. The van der Waals surface area contributed by atoms with Crippen LogP contribution in [0.2, 0.25) is 0 Å². The molecule has 0 unspecified atom stereocenters. The van der Waals surface area contributed by atoms with Crippen LogP contribution in [0.25, 0.3) is 0 Å². The Balaban J connectivity index is 2.31. The standard InChI is InChI=1S/C9H14F3NO/c1-6(2)14-7(3)13-4-8(5-13)9(10,11)12/h6,8H,3-5H2,1-2H3. The van der Waals surface area contributed by atoms with E-state index in [2.05, 4.69) is 6.58 Å². The Morgan fingerprint density at radius 3 is 2.29 bits per heavy atom. The SMILES string of the molecule is C=C(OC(C)C)N1CC(C(F)(F)F)C1. The Labute approximate surface area is 81.3 Å². The first-order valence-electron chi connectivity index (χ1n) is 4.48. The van der Waals surface area contributed by atoms with Crippen molar-refractivity contribution in [3.05, 3.63) is 12.5 Å². The van der Waals surface area contributed by atoms with Crippen LogP contribution in [-0.4, -0.2) is 30.3 Å². The fraction of sp³-hybridized carbons (Fsp3) is 0.778. The van der Waals surface area contributed by atoms with Crippen LogP contribution >= 0.6 is 0 Å². The summed E-state index contributed by atoms with van der Waals surface area (Å²) in [5, 5.41) is 0. The third-order valence-electron chi connectivity index (χ3n) is 2.07. The molecule has 5 heteroatoms. The lowest BCUT2D eigenvalue weighted by Crippen LogP contribution is -2.52. The number of rotatable bonds is 3. The minimum absolute atomic E-state index is 0.0327. The number of ether oxygens (including phenoxy) is 1. The Hall–Kier alpha value is -0.870. The summed E-state index contributed by atoms with van der Waals surface area (Å²) in [6.07, 6.45) is -4.14. The van der Waals surface area contributed by atoms with Gasteiger partial charge in [0.15, 0.2) is 5.88 Å². The molecule has 0 N–H and O–H groups in total. The number of alkyl halides is 3. The zero-order chi connectivity index (χ0) is 10.9. The van der Waals surface area contributed by atoms with Gasteiger partial charge in [-0.15, -0.1) is 0 Å². The highest BCUT2D eigenvalue weighted by Gasteiger charge is 2.47. The number of hydrogen-bond acceptors (Lipinski definition) is 2. The van der Waals surface area contributed by atoms with E-state index in [0.717, 1.165) is 0 Å². The minimum Gasteiger partial charge on any atom is -0.477 e. The third-order valence-corrected chi connectivity index (χ3v) is 2.07. The Morgan fingerprint density at radius 2 is 1.93 bits per heavy atom. The van der Waals surface area contributed by atoms with Crippen molar-refractivity contribution in [2.75, 3.05) is 13.1 Å². The van der Waals surface area contributed by atoms with Gasteiger partial charge in [0.25, 0.3) is 0 Å². The van der Waals surface area contributed by atoms with Crippen LogP contribution < -0.4 is 0 Å². The van der Waals surface area contributed by atoms with Crippen molar-refractivity contribution in [1.82, 2.24) is 4.90 Å². The first kappa shape index (κ1) is 11.2. The summed E-state index contributed by atoms with van der Waals surface area (Å²) in [6.45, 7) is 7.13. The topological polar surface area (TPSA) is 12.5 Å². The maximum Gasteiger partial charge on any atom is 0.395 e. The van der Waals surface area contributed by atoms with E-state index in [1.165, 1.54) is 4.90 Å². The molecule has 1 rings (SSSR count). The van der Waals surface area contributed by atoms with E-state index in [0.29, 0.717) is 5.88 Å². The molecule has 82 valence electrons. The number of hydrogen-bond donors (Lipinski definition) is 0. The molecule has 2 nitrogen and oxygen atoms in total. The average Bonchev–Trinajstić information content (AvgIpc) is 1.75. The normalized spacial score (nSPS) is 18.3. The molecule has 0 aromatic heterocycles. The highest BCUT2D eigenvalue weighted by Crippen LogP contribution is 2.35. The van der Waals surface area contributed by atoms with Gasteiger partial charge in [0.2, 0.25) is 0 Å². The second kappa shape index (κ2) is 3.71. The van der Waals surface area contributed by atoms with Crippen molar-refractivity contribution < 1.29 is 17.9 Å². The molecule has 14 heavy (non-hydrogen) atoms. The Kier molecular flexibility index (Phi) is 2.97. The van der Waals surface area contributed by atoms with E-state index in [9.17, 15) is 13.2 Å². The second-order valence-electron chi connectivity index (χ2n) is 3.70. The molecule has 1 saturated heterocycles. The lowest BCUT2D eigenvalue weighted by Gasteiger charge is -2.42. The first-order valence-corrected chi connectivity index (χ1v) is 4.48. The zero-order valence-electron chi connectivity index (χ0n) is 8.27. The quantitative estimate of drug-likeness (QED) is 0.662. The van der Waals surface area contributed by atoms with Crippen LogP contribution in [0.1, 0.15) is 13.8 Å². The van der Waals surface area contributed by atoms with Crippen molar-refractivity contribution in [1.29, 1.82) is 0 Å². The Bertz CT molecular complexity index is 219. The molecule has 0 bridgehead atoms. The van der Waals surface area contributed by atoms with Crippen LogP contribution in [0.5, 0.6) is 0 Å². The number of halogens is 3. The summed E-state index contributed by atoms with van der Waals surface area (Å²) in [4.78, 5) is 1.50. The third kappa shape index (κ3) is 2.56. The smallest absolute Gasteiger partial charge is 0.395 e. The van der Waals surface area contributed by atoms with E-state index in [1.54, 1.807) is 0 Å². The summed E-state index contributed by atoms with van der Waals surface area (Å²) in [6, 6.07) is 0. The minimum atomic E-state index is -4.09. The Morgan fingerprint density at radius 1 is 1.43 bits per heavy atom. The molecule has 1 aliphatic heterocycles. The predicted molar refractivity (Wildman–Crippen MR) is 46.5 cm³/mol. The number of nitrogens with zero attached hydrogens (tertiary/aromatic N) is 1. The van der Waals surface area contributed by atoms with Crippen molar-refractivity contribution >= 4 is 0 Å². The van der Waals surface area contributed by atoms with Gasteiger partial charge in [-0.25, -0.2) is 0 Å². The molecule has 0 aliphatic carbocycles. The highest BCUT2D eigenvalue weighted by atomic mass is 19.4. The molecule has 1 fully saturated rings. The van der Waals surface area contributed by atoms with Gasteiger partial charge >= 0.3 is 6.18 Å². The second-order valence-corrected chi connectivity index (χ2v) is 3.70. The van der Waals surface area contributed by atoms with Gasteiger partial charge < -0.3 is 9.64 Å². The maximum absolute atomic E-state index is 12.1.